The Kier molecular flexibility index (Phi) is 6.15. The van der Waals surface area contributed by atoms with Crippen LogP contribution >= 0.6 is 15.9 Å². The molecule has 1 saturated heterocycles. The van der Waals surface area contributed by atoms with E-state index >= 15 is 0 Å². The van der Waals surface area contributed by atoms with E-state index in [2.05, 4.69) is 34.5 Å². The van der Waals surface area contributed by atoms with Crippen LogP contribution < -0.4 is 4.72 Å². The van der Waals surface area contributed by atoms with E-state index in [1.54, 1.807) is 24.3 Å². The first-order chi connectivity index (χ1) is 13.2. The molecule has 1 aliphatic heterocycles. The summed E-state index contributed by atoms with van der Waals surface area (Å²) in [6, 6.07) is 11.7. The number of nitrogens with one attached hydrogen (secondary N) is 1. The standard InChI is InChI=1S/C21H25BrN2O3S/c1-14-7-8-19(22)20(10-14)23-28(26,27)18-6-4-5-17(11-18)21(25)24-12-15(2)9-16(3)13-24/h4-8,10-11,15-16,23H,9,12-13H2,1-3H3/t15-,16-/m0/s1. The van der Waals surface area contributed by atoms with Crippen LogP contribution in [0.25, 0.3) is 0 Å². The number of carbonyl (C=O) groups excluding carboxylic acids is 1. The first-order valence-electron chi connectivity index (χ1n) is 9.34. The van der Waals surface area contributed by atoms with Crippen molar-refractivity contribution in [1.29, 1.82) is 0 Å². The number of piperidine rings is 1. The van der Waals surface area contributed by atoms with Crippen molar-refractivity contribution in [3.63, 3.8) is 0 Å². The van der Waals surface area contributed by atoms with Gasteiger partial charge in [-0.2, -0.15) is 0 Å². The molecule has 2 atom stereocenters. The van der Waals surface area contributed by atoms with Gasteiger partial charge >= 0.3 is 0 Å². The molecule has 0 aromatic heterocycles. The van der Waals surface area contributed by atoms with Gasteiger partial charge in [0.25, 0.3) is 15.9 Å². The molecule has 3 rings (SSSR count). The Morgan fingerprint density at radius 3 is 2.46 bits per heavy atom. The molecule has 0 unspecified atom stereocenters. The minimum Gasteiger partial charge on any atom is -0.338 e. The SMILES string of the molecule is Cc1ccc(Br)c(NS(=O)(=O)c2cccc(C(=O)N3C[C@@H](C)C[C@H](C)C3)c2)c1. The van der Waals surface area contributed by atoms with E-state index in [0.717, 1.165) is 12.0 Å². The van der Waals surface area contributed by atoms with Gasteiger partial charge in [-0.05, 0) is 77.0 Å². The first kappa shape index (κ1) is 20.9. The highest BCUT2D eigenvalue weighted by Gasteiger charge is 2.27. The van der Waals surface area contributed by atoms with Crippen molar-refractivity contribution >= 4 is 37.5 Å². The zero-order valence-electron chi connectivity index (χ0n) is 16.3. The Morgan fingerprint density at radius 2 is 1.79 bits per heavy atom. The van der Waals surface area contributed by atoms with Crippen molar-refractivity contribution in [1.82, 2.24) is 4.90 Å². The number of anilines is 1. The van der Waals surface area contributed by atoms with Crippen molar-refractivity contribution in [2.45, 2.75) is 32.1 Å². The Hall–Kier alpha value is -1.86. The molecule has 2 aromatic rings. The molecular weight excluding hydrogens is 440 g/mol. The van der Waals surface area contributed by atoms with Crippen LogP contribution in [0.4, 0.5) is 5.69 Å². The maximum atomic E-state index is 12.9. The number of aryl methyl sites for hydroxylation is 1. The molecule has 1 amide bonds. The highest BCUT2D eigenvalue weighted by molar-refractivity contribution is 9.10. The van der Waals surface area contributed by atoms with Gasteiger partial charge in [0.1, 0.15) is 0 Å². The van der Waals surface area contributed by atoms with Crippen molar-refractivity contribution in [2.75, 3.05) is 17.8 Å². The van der Waals surface area contributed by atoms with Crippen LogP contribution in [0.15, 0.2) is 51.8 Å². The Morgan fingerprint density at radius 1 is 1.11 bits per heavy atom. The van der Waals surface area contributed by atoms with Crippen LogP contribution in [0.1, 0.15) is 36.2 Å². The summed E-state index contributed by atoms with van der Waals surface area (Å²) in [6.07, 6.45) is 1.10. The average Bonchev–Trinajstić information content (AvgIpc) is 2.63. The summed E-state index contributed by atoms with van der Waals surface area (Å²) >= 11 is 3.37. The number of carbonyl (C=O) groups is 1. The largest absolute Gasteiger partial charge is 0.338 e. The summed E-state index contributed by atoms with van der Waals surface area (Å²) in [4.78, 5) is 14.8. The van der Waals surface area contributed by atoms with Crippen LogP contribution in [0.3, 0.4) is 0 Å². The summed E-state index contributed by atoms with van der Waals surface area (Å²) in [6.45, 7) is 7.58. The average molecular weight is 465 g/mol. The predicted molar refractivity (Wildman–Crippen MR) is 115 cm³/mol. The number of nitrogens with zero attached hydrogens (tertiary/aromatic N) is 1. The second-order valence-electron chi connectivity index (χ2n) is 7.77. The number of rotatable bonds is 4. The highest BCUT2D eigenvalue weighted by atomic mass is 79.9. The van der Waals surface area contributed by atoms with Crippen molar-refractivity contribution < 1.29 is 13.2 Å². The minimum atomic E-state index is -3.81. The molecule has 28 heavy (non-hydrogen) atoms. The molecule has 0 bridgehead atoms. The van der Waals surface area contributed by atoms with Crippen LogP contribution in [0.2, 0.25) is 0 Å². The Bertz CT molecular complexity index is 981. The number of amides is 1. The number of likely N-dealkylation sites (tertiary alicyclic amines) is 1. The van der Waals surface area contributed by atoms with E-state index in [1.807, 2.05) is 17.9 Å². The van der Waals surface area contributed by atoms with E-state index in [0.29, 0.717) is 40.6 Å². The fraction of sp³-hybridized carbons (Fsp3) is 0.381. The van der Waals surface area contributed by atoms with Crippen molar-refractivity contribution in [2.24, 2.45) is 11.8 Å². The zero-order valence-corrected chi connectivity index (χ0v) is 18.7. The second-order valence-corrected chi connectivity index (χ2v) is 10.3. The summed E-state index contributed by atoms with van der Waals surface area (Å²) in [5.41, 5.74) is 1.81. The zero-order chi connectivity index (χ0) is 20.5. The lowest BCUT2D eigenvalue weighted by atomic mass is 9.91. The van der Waals surface area contributed by atoms with Gasteiger partial charge in [0.2, 0.25) is 0 Å². The Balaban J connectivity index is 1.85. The highest BCUT2D eigenvalue weighted by Crippen LogP contribution is 2.27. The Labute approximate surface area is 175 Å². The van der Waals surface area contributed by atoms with E-state index < -0.39 is 10.0 Å². The first-order valence-corrected chi connectivity index (χ1v) is 11.6. The molecular formula is C21H25BrN2O3S. The summed E-state index contributed by atoms with van der Waals surface area (Å²) < 4.78 is 29.0. The molecule has 1 fully saturated rings. The van der Waals surface area contributed by atoms with Gasteiger partial charge in [0.15, 0.2) is 0 Å². The molecule has 0 radical (unpaired) electrons. The fourth-order valence-electron chi connectivity index (χ4n) is 3.73. The topological polar surface area (TPSA) is 66.5 Å². The number of sulfonamides is 1. The van der Waals surface area contributed by atoms with Crippen LogP contribution in [-0.4, -0.2) is 32.3 Å². The van der Waals surface area contributed by atoms with Crippen LogP contribution in [0, 0.1) is 18.8 Å². The predicted octanol–water partition coefficient (Wildman–Crippen LogP) is 4.68. The molecule has 0 saturated carbocycles. The smallest absolute Gasteiger partial charge is 0.261 e. The summed E-state index contributed by atoms with van der Waals surface area (Å²) in [7, 11) is -3.81. The third-order valence-electron chi connectivity index (χ3n) is 4.91. The van der Waals surface area contributed by atoms with Gasteiger partial charge in [-0.1, -0.05) is 26.0 Å². The van der Waals surface area contributed by atoms with Gasteiger partial charge in [-0.25, -0.2) is 8.42 Å². The fourth-order valence-corrected chi connectivity index (χ4v) is 5.32. The van der Waals surface area contributed by atoms with Gasteiger partial charge in [0.05, 0.1) is 10.6 Å². The molecule has 0 aliphatic carbocycles. The maximum absolute atomic E-state index is 12.9. The van der Waals surface area contributed by atoms with E-state index in [-0.39, 0.29) is 10.8 Å². The second kappa shape index (κ2) is 8.25. The third-order valence-corrected chi connectivity index (χ3v) is 6.97. The number of hydrogen-bond acceptors (Lipinski definition) is 3. The van der Waals surface area contributed by atoms with Crippen LogP contribution in [-0.2, 0) is 10.0 Å². The van der Waals surface area contributed by atoms with E-state index in [9.17, 15) is 13.2 Å². The van der Waals surface area contributed by atoms with Gasteiger partial charge < -0.3 is 4.90 Å². The summed E-state index contributed by atoms with van der Waals surface area (Å²) in [5.74, 6) is 0.770. The molecule has 7 heteroatoms. The van der Waals surface area contributed by atoms with Crippen molar-refractivity contribution in [3.8, 4) is 0 Å². The lowest BCUT2D eigenvalue weighted by Crippen LogP contribution is -2.42. The summed E-state index contributed by atoms with van der Waals surface area (Å²) in [5, 5.41) is 0. The molecule has 1 aliphatic rings. The van der Waals surface area contributed by atoms with Gasteiger partial charge in [-0.15, -0.1) is 0 Å². The number of halogens is 1. The molecule has 1 N–H and O–H groups in total. The normalized spacial score (nSPS) is 20.1. The number of hydrogen-bond donors (Lipinski definition) is 1. The monoisotopic (exact) mass is 464 g/mol. The lowest BCUT2D eigenvalue weighted by molar-refractivity contribution is 0.0623. The van der Waals surface area contributed by atoms with Gasteiger partial charge in [-0.3, -0.25) is 9.52 Å². The van der Waals surface area contributed by atoms with Gasteiger partial charge in [0, 0.05) is 23.1 Å². The molecule has 1 heterocycles. The molecule has 2 aromatic carbocycles. The van der Waals surface area contributed by atoms with Crippen LogP contribution in [0.5, 0.6) is 0 Å². The maximum Gasteiger partial charge on any atom is 0.261 e. The van der Waals surface area contributed by atoms with E-state index in [4.69, 9.17) is 0 Å². The number of benzene rings is 2. The quantitative estimate of drug-likeness (QED) is 0.714. The lowest BCUT2D eigenvalue weighted by Gasteiger charge is -2.35. The molecule has 150 valence electrons. The molecule has 0 spiro atoms. The minimum absolute atomic E-state index is 0.0739. The third kappa shape index (κ3) is 4.75. The molecule has 5 nitrogen and oxygen atoms in total. The van der Waals surface area contributed by atoms with Crippen molar-refractivity contribution in [3.05, 3.63) is 58.1 Å². The van der Waals surface area contributed by atoms with E-state index in [1.165, 1.54) is 12.1 Å².